The quantitative estimate of drug-likeness (QED) is 0.869. The molecule has 112 valence electrons. The van der Waals surface area contributed by atoms with Crippen molar-refractivity contribution in [2.45, 2.75) is 39.3 Å². The lowest BCUT2D eigenvalue weighted by atomic mass is 10.1. The van der Waals surface area contributed by atoms with Crippen LogP contribution in [0.25, 0.3) is 0 Å². The van der Waals surface area contributed by atoms with E-state index in [1.165, 1.54) is 0 Å². The second-order valence-corrected chi connectivity index (χ2v) is 5.71. The fourth-order valence-corrected chi connectivity index (χ4v) is 1.68. The minimum atomic E-state index is -0.356. The third-order valence-electron chi connectivity index (χ3n) is 2.63. The largest absolute Gasteiger partial charge is 0.497 e. The van der Waals surface area contributed by atoms with Gasteiger partial charge in [0.2, 0.25) is 5.91 Å². The van der Waals surface area contributed by atoms with Gasteiger partial charge in [0.15, 0.2) is 0 Å². The maximum absolute atomic E-state index is 12.0. The van der Waals surface area contributed by atoms with Gasteiger partial charge in [-0.2, -0.15) is 0 Å². The molecule has 0 radical (unpaired) electrons. The van der Waals surface area contributed by atoms with Crippen molar-refractivity contribution < 1.29 is 14.3 Å². The number of hydrogen-bond donors (Lipinski definition) is 2. The summed E-state index contributed by atoms with van der Waals surface area (Å²) in [4.78, 5) is 12.0. The van der Waals surface area contributed by atoms with Crippen LogP contribution >= 0.6 is 0 Å². The van der Waals surface area contributed by atoms with Gasteiger partial charge < -0.3 is 20.1 Å². The average molecular weight is 280 g/mol. The Morgan fingerprint density at radius 3 is 2.00 bits per heavy atom. The smallest absolute Gasteiger partial charge is 0.242 e. The van der Waals surface area contributed by atoms with Crippen molar-refractivity contribution in [3.8, 4) is 11.5 Å². The molecule has 1 amide bonds. The van der Waals surface area contributed by atoms with Crippen molar-refractivity contribution in [2.24, 2.45) is 0 Å². The molecule has 20 heavy (non-hydrogen) atoms. The molecule has 0 saturated heterocycles. The van der Waals surface area contributed by atoms with Gasteiger partial charge in [0.1, 0.15) is 17.5 Å². The van der Waals surface area contributed by atoms with Crippen LogP contribution in [0.15, 0.2) is 18.2 Å². The first kappa shape index (κ1) is 16.1. The standard InChI is InChI=1S/C15H24N2O3/c1-10(14(18)17-15(2,3)4)16-11-7-12(19-5)9-13(8-11)20-6/h7-10,16H,1-6H3,(H,17,18). The normalized spacial score (nSPS) is 12.5. The lowest BCUT2D eigenvalue weighted by Gasteiger charge is -2.24. The molecule has 1 atom stereocenters. The van der Waals surface area contributed by atoms with Crippen LogP contribution in [-0.2, 0) is 4.79 Å². The summed E-state index contributed by atoms with van der Waals surface area (Å²) in [6.45, 7) is 7.66. The van der Waals surface area contributed by atoms with E-state index in [0.29, 0.717) is 11.5 Å². The lowest BCUT2D eigenvalue weighted by Crippen LogP contribution is -2.47. The molecule has 0 aliphatic carbocycles. The zero-order chi connectivity index (χ0) is 15.3. The van der Waals surface area contributed by atoms with Gasteiger partial charge >= 0.3 is 0 Å². The van der Waals surface area contributed by atoms with Gasteiger partial charge in [0.05, 0.1) is 14.2 Å². The molecule has 0 bridgehead atoms. The van der Waals surface area contributed by atoms with Gasteiger partial charge in [-0.1, -0.05) is 0 Å². The van der Waals surface area contributed by atoms with Gasteiger partial charge in [0, 0.05) is 29.4 Å². The van der Waals surface area contributed by atoms with E-state index in [1.807, 2.05) is 39.8 Å². The van der Waals surface area contributed by atoms with Gasteiger partial charge in [-0.05, 0) is 27.7 Å². The Labute approximate surface area is 120 Å². The minimum Gasteiger partial charge on any atom is -0.497 e. The molecule has 0 saturated carbocycles. The first-order valence-corrected chi connectivity index (χ1v) is 6.57. The molecule has 5 heteroatoms. The molecule has 1 aromatic rings. The Bertz CT molecular complexity index is 444. The zero-order valence-electron chi connectivity index (χ0n) is 13.0. The molecule has 0 fully saturated rings. The minimum absolute atomic E-state index is 0.0562. The highest BCUT2D eigenvalue weighted by Gasteiger charge is 2.19. The first-order valence-electron chi connectivity index (χ1n) is 6.57. The maximum atomic E-state index is 12.0. The Hall–Kier alpha value is -1.91. The van der Waals surface area contributed by atoms with E-state index >= 15 is 0 Å². The van der Waals surface area contributed by atoms with E-state index in [4.69, 9.17) is 9.47 Å². The number of carbonyl (C=O) groups excluding carboxylic acids is 1. The van der Waals surface area contributed by atoms with Crippen LogP contribution in [0.2, 0.25) is 0 Å². The Kier molecular flexibility index (Phi) is 5.25. The number of rotatable bonds is 5. The van der Waals surface area contributed by atoms with Gasteiger partial charge in [-0.3, -0.25) is 4.79 Å². The van der Waals surface area contributed by atoms with Gasteiger partial charge in [-0.15, -0.1) is 0 Å². The third kappa shape index (κ3) is 4.99. The summed E-state index contributed by atoms with van der Waals surface area (Å²) in [7, 11) is 3.18. The summed E-state index contributed by atoms with van der Waals surface area (Å²) in [5.74, 6) is 1.30. The number of hydrogen-bond acceptors (Lipinski definition) is 4. The third-order valence-corrected chi connectivity index (χ3v) is 2.63. The Balaban J connectivity index is 2.79. The molecule has 1 unspecified atom stereocenters. The van der Waals surface area contributed by atoms with Crippen LogP contribution in [0.3, 0.4) is 0 Å². The highest BCUT2D eigenvalue weighted by atomic mass is 16.5. The van der Waals surface area contributed by atoms with E-state index in [-0.39, 0.29) is 17.5 Å². The second-order valence-electron chi connectivity index (χ2n) is 5.71. The van der Waals surface area contributed by atoms with Crippen molar-refractivity contribution in [3.63, 3.8) is 0 Å². The van der Waals surface area contributed by atoms with E-state index in [2.05, 4.69) is 10.6 Å². The first-order chi connectivity index (χ1) is 9.25. The topological polar surface area (TPSA) is 59.6 Å². The molecule has 1 aromatic carbocycles. The summed E-state index contributed by atoms with van der Waals surface area (Å²) >= 11 is 0. The van der Waals surface area contributed by atoms with Crippen LogP contribution in [0, 0.1) is 0 Å². The fraction of sp³-hybridized carbons (Fsp3) is 0.533. The molecule has 0 aliphatic rings. The Morgan fingerprint density at radius 1 is 1.10 bits per heavy atom. The van der Waals surface area contributed by atoms with E-state index in [0.717, 1.165) is 5.69 Å². The van der Waals surface area contributed by atoms with E-state index in [9.17, 15) is 4.79 Å². The summed E-state index contributed by atoms with van der Waals surface area (Å²) in [6, 6.07) is 5.07. The van der Waals surface area contributed by atoms with Crippen molar-refractivity contribution in [1.82, 2.24) is 5.32 Å². The predicted molar refractivity (Wildman–Crippen MR) is 80.5 cm³/mol. The van der Waals surface area contributed by atoms with Crippen molar-refractivity contribution in [3.05, 3.63) is 18.2 Å². The lowest BCUT2D eigenvalue weighted by molar-refractivity contribution is -0.122. The molecule has 0 aliphatic heterocycles. The molecule has 5 nitrogen and oxygen atoms in total. The molecule has 0 heterocycles. The molecule has 0 spiro atoms. The van der Waals surface area contributed by atoms with Crippen LogP contribution in [0.5, 0.6) is 11.5 Å². The fourth-order valence-electron chi connectivity index (χ4n) is 1.68. The summed E-state index contributed by atoms with van der Waals surface area (Å²) in [5, 5.41) is 6.07. The number of nitrogens with one attached hydrogen (secondary N) is 2. The number of methoxy groups -OCH3 is 2. The molecular formula is C15H24N2O3. The summed E-state index contributed by atoms with van der Waals surface area (Å²) in [6.07, 6.45) is 0. The second kappa shape index (κ2) is 6.50. The predicted octanol–water partition coefficient (Wildman–Crippen LogP) is 2.42. The monoisotopic (exact) mass is 280 g/mol. The number of benzene rings is 1. The maximum Gasteiger partial charge on any atom is 0.242 e. The Morgan fingerprint density at radius 2 is 1.60 bits per heavy atom. The highest BCUT2D eigenvalue weighted by Crippen LogP contribution is 2.26. The molecule has 2 N–H and O–H groups in total. The number of amides is 1. The summed E-state index contributed by atoms with van der Waals surface area (Å²) < 4.78 is 10.4. The summed E-state index contributed by atoms with van der Waals surface area (Å²) in [5.41, 5.74) is 0.525. The van der Waals surface area contributed by atoms with Crippen molar-refractivity contribution in [1.29, 1.82) is 0 Å². The average Bonchev–Trinajstić information content (AvgIpc) is 2.36. The number of carbonyl (C=O) groups is 1. The highest BCUT2D eigenvalue weighted by molar-refractivity contribution is 5.84. The van der Waals surface area contributed by atoms with Crippen molar-refractivity contribution >= 4 is 11.6 Å². The van der Waals surface area contributed by atoms with Gasteiger partial charge in [0.25, 0.3) is 0 Å². The van der Waals surface area contributed by atoms with Crippen LogP contribution in [0.4, 0.5) is 5.69 Å². The number of anilines is 1. The van der Waals surface area contributed by atoms with E-state index in [1.54, 1.807) is 20.3 Å². The van der Waals surface area contributed by atoms with Gasteiger partial charge in [-0.25, -0.2) is 0 Å². The zero-order valence-corrected chi connectivity index (χ0v) is 13.0. The van der Waals surface area contributed by atoms with Crippen LogP contribution in [-0.4, -0.2) is 31.7 Å². The number of ether oxygens (including phenoxy) is 2. The van der Waals surface area contributed by atoms with Crippen LogP contribution in [0.1, 0.15) is 27.7 Å². The molecule has 0 aromatic heterocycles. The molecular weight excluding hydrogens is 256 g/mol. The molecule has 1 rings (SSSR count). The van der Waals surface area contributed by atoms with Crippen LogP contribution < -0.4 is 20.1 Å². The van der Waals surface area contributed by atoms with Crippen molar-refractivity contribution in [2.75, 3.05) is 19.5 Å². The SMILES string of the molecule is COc1cc(NC(C)C(=O)NC(C)(C)C)cc(OC)c1. The van der Waals surface area contributed by atoms with E-state index < -0.39 is 0 Å².